The molecule has 1 saturated heterocycles. The summed E-state index contributed by atoms with van der Waals surface area (Å²) >= 11 is 13.7. The summed E-state index contributed by atoms with van der Waals surface area (Å²) in [4.78, 5) is 17.0. The highest BCUT2D eigenvalue weighted by atomic mass is 35.5. The Morgan fingerprint density at radius 1 is 1.37 bits per heavy atom. The van der Waals surface area contributed by atoms with E-state index < -0.39 is 12.1 Å². The van der Waals surface area contributed by atoms with E-state index in [9.17, 15) is 13.6 Å². The molecule has 0 radical (unpaired) electrons. The van der Waals surface area contributed by atoms with Crippen molar-refractivity contribution in [2.45, 2.75) is 31.7 Å². The first-order valence-electron chi connectivity index (χ1n) is 9.24. The number of hydrogen-bond acceptors (Lipinski definition) is 5. The third-order valence-corrected chi connectivity index (χ3v) is 6.25. The Bertz CT molecular complexity index is 1040. The van der Waals surface area contributed by atoms with Crippen LogP contribution in [-0.4, -0.2) is 33.3 Å². The van der Waals surface area contributed by atoms with Gasteiger partial charge in [-0.1, -0.05) is 40.6 Å². The molecule has 6 nitrogen and oxygen atoms in total. The normalized spacial score (nSPS) is 16.4. The van der Waals surface area contributed by atoms with Gasteiger partial charge >= 0.3 is 0 Å². The zero-order chi connectivity index (χ0) is 21.3. The standard InChI is InChI=1S/C19H17Cl2F2N5OS/c20-11-4-1-5-12(21)17(11)28-14(8-13(27-28)18(22)23)15-9-25-19(30-15)26-16(29)7-10-3-2-6-24-10/h1,4-5,8-10,18,24H,2-3,6-7H2,(H,25,26,29)/t10-/m0/s1. The lowest BCUT2D eigenvalue weighted by Gasteiger charge is -2.10. The first-order chi connectivity index (χ1) is 14.4. The number of para-hydroxylation sites is 1. The molecule has 3 heterocycles. The lowest BCUT2D eigenvalue weighted by atomic mass is 10.1. The molecule has 4 rings (SSSR count). The Hall–Kier alpha value is -2.07. The number of hydrogen-bond donors (Lipinski definition) is 2. The topological polar surface area (TPSA) is 71.8 Å². The van der Waals surface area contributed by atoms with Gasteiger partial charge in [0.05, 0.1) is 20.6 Å². The zero-order valence-corrected chi connectivity index (χ0v) is 17.9. The third kappa shape index (κ3) is 4.49. The van der Waals surface area contributed by atoms with Gasteiger partial charge in [-0.05, 0) is 37.6 Å². The minimum absolute atomic E-state index is 0.147. The van der Waals surface area contributed by atoms with E-state index in [4.69, 9.17) is 23.2 Å². The van der Waals surface area contributed by atoms with Crippen LogP contribution >= 0.6 is 34.5 Å². The Kier molecular flexibility index (Phi) is 6.33. The van der Waals surface area contributed by atoms with Crippen molar-refractivity contribution in [3.8, 4) is 16.3 Å². The van der Waals surface area contributed by atoms with E-state index in [1.54, 1.807) is 18.2 Å². The number of halogens is 4. The van der Waals surface area contributed by atoms with Crippen LogP contribution in [0.25, 0.3) is 16.3 Å². The summed E-state index contributed by atoms with van der Waals surface area (Å²) < 4.78 is 28.0. The number of amides is 1. The fourth-order valence-electron chi connectivity index (χ4n) is 3.32. The predicted molar refractivity (Wildman–Crippen MR) is 114 cm³/mol. The summed E-state index contributed by atoms with van der Waals surface area (Å²) in [5.41, 5.74) is 0.247. The Morgan fingerprint density at radius 3 is 2.80 bits per heavy atom. The van der Waals surface area contributed by atoms with Crippen LogP contribution in [0.3, 0.4) is 0 Å². The van der Waals surface area contributed by atoms with Gasteiger partial charge in [-0.2, -0.15) is 5.10 Å². The molecular weight excluding hydrogens is 455 g/mol. The molecule has 1 amide bonds. The molecule has 0 bridgehead atoms. The highest BCUT2D eigenvalue weighted by molar-refractivity contribution is 7.19. The Balaban J connectivity index is 1.63. The van der Waals surface area contributed by atoms with Crippen LogP contribution in [0.5, 0.6) is 0 Å². The van der Waals surface area contributed by atoms with Crippen molar-refractivity contribution in [3.05, 3.63) is 46.2 Å². The Labute approximate surface area is 185 Å². The number of aromatic nitrogens is 3. The molecule has 2 aromatic heterocycles. The number of rotatable bonds is 6. The van der Waals surface area contributed by atoms with Crippen molar-refractivity contribution in [3.63, 3.8) is 0 Å². The van der Waals surface area contributed by atoms with Gasteiger partial charge in [-0.15, -0.1) is 0 Å². The molecule has 1 aliphatic rings. The molecule has 1 fully saturated rings. The van der Waals surface area contributed by atoms with Crippen molar-refractivity contribution in [2.24, 2.45) is 0 Å². The molecule has 158 valence electrons. The minimum Gasteiger partial charge on any atom is -0.313 e. The fourth-order valence-corrected chi connectivity index (χ4v) is 4.71. The van der Waals surface area contributed by atoms with E-state index in [0.717, 1.165) is 30.7 Å². The van der Waals surface area contributed by atoms with E-state index in [2.05, 4.69) is 20.7 Å². The maximum atomic E-state index is 13.3. The van der Waals surface area contributed by atoms with Crippen LogP contribution in [0, 0.1) is 0 Å². The molecule has 1 aromatic carbocycles. The van der Waals surface area contributed by atoms with Crippen molar-refractivity contribution in [1.82, 2.24) is 20.1 Å². The number of nitrogens with one attached hydrogen (secondary N) is 2. The average molecular weight is 472 g/mol. The molecule has 0 spiro atoms. The fraction of sp³-hybridized carbons (Fsp3) is 0.316. The summed E-state index contributed by atoms with van der Waals surface area (Å²) in [5, 5.41) is 11.0. The highest BCUT2D eigenvalue weighted by Crippen LogP contribution is 2.37. The van der Waals surface area contributed by atoms with Gasteiger partial charge in [0, 0.05) is 18.7 Å². The number of alkyl halides is 2. The van der Waals surface area contributed by atoms with Gasteiger partial charge in [0.25, 0.3) is 6.43 Å². The maximum absolute atomic E-state index is 13.3. The molecule has 11 heteroatoms. The summed E-state index contributed by atoms with van der Waals surface area (Å²) in [6, 6.07) is 6.30. The van der Waals surface area contributed by atoms with Crippen molar-refractivity contribution >= 4 is 45.6 Å². The van der Waals surface area contributed by atoms with Crippen molar-refractivity contribution in [2.75, 3.05) is 11.9 Å². The molecule has 0 saturated carbocycles. The summed E-state index contributed by atoms with van der Waals surface area (Å²) in [7, 11) is 0. The molecule has 30 heavy (non-hydrogen) atoms. The SMILES string of the molecule is O=C(C[C@@H]1CCCN1)Nc1ncc(-c2cc(C(F)F)nn2-c2c(Cl)cccc2Cl)s1. The molecule has 1 atom stereocenters. The number of thiazole rings is 1. The number of benzene rings is 1. The molecule has 0 aliphatic carbocycles. The second-order valence-electron chi connectivity index (χ2n) is 6.81. The number of carbonyl (C=O) groups is 1. The lowest BCUT2D eigenvalue weighted by Crippen LogP contribution is -2.27. The van der Waals surface area contributed by atoms with Gasteiger partial charge in [-0.25, -0.2) is 18.4 Å². The van der Waals surface area contributed by atoms with Gasteiger partial charge in [0.1, 0.15) is 11.4 Å². The van der Waals surface area contributed by atoms with E-state index >= 15 is 0 Å². The number of anilines is 1. The van der Waals surface area contributed by atoms with Crippen LogP contribution < -0.4 is 10.6 Å². The second kappa shape index (κ2) is 8.97. The molecule has 3 aromatic rings. The predicted octanol–water partition coefficient (Wildman–Crippen LogP) is 5.32. The van der Waals surface area contributed by atoms with Gasteiger partial charge in [0.15, 0.2) is 5.13 Å². The largest absolute Gasteiger partial charge is 0.313 e. The first kappa shape index (κ1) is 21.2. The molecule has 1 aliphatic heterocycles. The van der Waals surface area contributed by atoms with Crippen LogP contribution in [-0.2, 0) is 4.79 Å². The second-order valence-corrected chi connectivity index (χ2v) is 8.66. The van der Waals surface area contributed by atoms with Crippen LogP contribution in [0.2, 0.25) is 10.0 Å². The van der Waals surface area contributed by atoms with Gasteiger partial charge in [0.2, 0.25) is 5.91 Å². The monoisotopic (exact) mass is 471 g/mol. The van der Waals surface area contributed by atoms with Gasteiger partial charge < -0.3 is 10.6 Å². The molecular formula is C19H17Cl2F2N5OS. The zero-order valence-electron chi connectivity index (χ0n) is 15.5. The van der Waals surface area contributed by atoms with Crippen LogP contribution in [0.4, 0.5) is 13.9 Å². The lowest BCUT2D eigenvalue weighted by molar-refractivity contribution is -0.116. The van der Waals surface area contributed by atoms with E-state index in [-0.39, 0.29) is 22.0 Å². The van der Waals surface area contributed by atoms with E-state index in [1.165, 1.54) is 16.9 Å². The Morgan fingerprint density at radius 2 is 2.13 bits per heavy atom. The summed E-state index contributed by atoms with van der Waals surface area (Å²) in [6.07, 6.45) is 1.11. The van der Waals surface area contributed by atoms with Crippen molar-refractivity contribution < 1.29 is 13.6 Å². The number of nitrogens with zero attached hydrogens (tertiary/aromatic N) is 3. The maximum Gasteiger partial charge on any atom is 0.282 e. The van der Waals surface area contributed by atoms with E-state index in [1.807, 2.05) is 0 Å². The molecule has 2 N–H and O–H groups in total. The number of carbonyl (C=O) groups excluding carboxylic acids is 1. The summed E-state index contributed by atoms with van der Waals surface area (Å²) in [5.74, 6) is -0.147. The van der Waals surface area contributed by atoms with Gasteiger partial charge in [-0.3, -0.25) is 4.79 Å². The highest BCUT2D eigenvalue weighted by Gasteiger charge is 2.23. The average Bonchev–Trinajstić information content (AvgIpc) is 3.42. The minimum atomic E-state index is -2.77. The smallest absolute Gasteiger partial charge is 0.282 e. The quantitative estimate of drug-likeness (QED) is 0.510. The first-order valence-corrected chi connectivity index (χ1v) is 10.8. The van der Waals surface area contributed by atoms with Crippen molar-refractivity contribution in [1.29, 1.82) is 0 Å². The van der Waals surface area contributed by atoms with Crippen LogP contribution in [0.1, 0.15) is 31.4 Å². The molecule has 0 unspecified atom stereocenters. The van der Waals surface area contributed by atoms with Crippen LogP contribution in [0.15, 0.2) is 30.5 Å². The third-order valence-electron chi connectivity index (χ3n) is 4.70. The van der Waals surface area contributed by atoms with E-state index in [0.29, 0.717) is 27.8 Å². The summed E-state index contributed by atoms with van der Waals surface area (Å²) in [6.45, 7) is 0.917.